The van der Waals surface area contributed by atoms with E-state index in [-0.39, 0.29) is 0 Å². The van der Waals surface area contributed by atoms with E-state index in [1.807, 2.05) is 18.2 Å². The molecule has 4 heteroatoms. The van der Waals surface area contributed by atoms with Gasteiger partial charge in [-0.2, -0.15) is 0 Å². The van der Waals surface area contributed by atoms with Crippen LogP contribution < -0.4 is 10.2 Å². The predicted octanol–water partition coefficient (Wildman–Crippen LogP) is 2.15. The largest absolute Gasteiger partial charge is 0.379 e. The first kappa shape index (κ1) is 12.7. The Kier molecular flexibility index (Phi) is 4.66. The van der Waals surface area contributed by atoms with Gasteiger partial charge < -0.3 is 15.0 Å². The van der Waals surface area contributed by atoms with E-state index in [1.165, 1.54) is 0 Å². The average Bonchev–Trinajstić information content (AvgIpc) is 2.37. The lowest BCUT2D eigenvalue weighted by atomic mass is 10.2. The first-order valence-corrected chi connectivity index (χ1v) is 6.41. The molecule has 2 rings (SSSR count). The summed E-state index contributed by atoms with van der Waals surface area (Å²) in [5.74, 6) is 0. The van der Waals surface area contributed by atoms with Crippen molar-refractivity contribution in [1.82, 2.24) is 5.32 Å². The summed E-state index contributed by atoms with van der Waals surface area (Å²) in [5.41, 5.74) is 1.16. The van der Waals surface area contributed by atoms with Crippen LogP contribution in [0.3, 0.4) is 0 Å². The van der Waals surface area contributed by atoms with Crippen molar-refractivity contribution in [2.75, 3.05) is 38.3 Å². The number of nitrogens with zero attached hydrogens (tertiary/aromatic N) is 1. The highest BCUT2D eigenvalue weighted by molar-refractivity contribution is 6.30. The Morgan fingerprint density at radius 3 is 3.12 bits per heavy atom. The van der Waals surface area contributed by atoms with Crippen molar-refractivity contribution < 1.29 is 4.74 Å². The van der Waals surface area contributed by atoms with Crippen molar-refractivity contribution >= 4 is 17.3 Å². The number of hydrogen-bond donors (Lipinski definition) is 1. The number of rotatable bonds is 4. The number of ether oxygens (including phenoxy) is 1. The van der Waals surface area contributed by atoms with Gasteiger partial charge in [-0.15, -0.1) is 0 Å². The van der Waals surface area contributed by atoms with Gasteiger partial charge in [0, 0.05) is 36.9 Å². The fourth-order valence-electron chi connectivity index (χ4n) is 2.00. The molecule has 0 spiro atoms. The van der Waals surface area contributed by atoms with Crippen LogP contribution >= 0.6 is 11.6 Å². The number of hydrogen-bond acceptors (Lipinski definition) is 3. The second-order valence-electron chi connectivity index (χ2n) is 4.42. The molecule has 0 bridgehead atoms. The molecule has 0 saturated carbocycles. The second-order valence-corrected chi connectivity index (χ2v) is 4.85. The molecule has 1 heterocycles. The lowest BCUT2D eigenvalue weighted by molar-refractivity contribution is 0.0749. The van der Waals surface area contributed by atoms with Crippen LogP contribution in [0.5, 0.6) is 0 Å². The maximum atomic E-state index is 5.98. The van der Waals surface area contributed by atoms with E-state index in [1.54, 1.807) is 0 Å². The average molecular weight is 255 g/mol. The van der Waals surface area contributed by atoms with E-state index in [4.69, 9.17) is 16.3 Å². The van der Waals surface area contributed by atoms with Gasteiger partial charge in [-0.1, -0.05) is 17.7 Å². The Morgan fingerprint density at radius 1 is 1.53 bits per heavy atom. The summed E-state index contributed by atoms with van der Waals surface area (Å²) < 4.78 is 5.44. The molecule has 1 aliphatic heterocycles. The molecule has 0 aliphatic carbocycles. The zero-order valence-corrected chi connectivity index (χ0v) is 10.9. The minimum atomic E-state index is 0.477. The summed E-state index contributed by atoms with van der Waals surface area (Å²) in [6, 6.07) is 8.43. The Balaban J connectivity index is 1.82. The Labute approximate surface area is 108 Å². The summed E-state index contributed by atoms with van der Waals surface area (Å²) >= 11 is 5.98. The third-order valence-electron chi connectivity index (χ3n) is 3.06. The molecular formula is C13H19ClN2O. The Morgan fingerprint density at radius 2 is 2.41 bits per heavy atom. The highest BCUT2D eigenvalue weighted by Crippen LogP contribution is 2.18. The first-order valence-electron chi connectivity index (χ1n) is 6.03. The summed E-state index contributed by atoms with van der Waals surface area (Å²) in [7, 11) is 2.09. The van der Waals surface area contributed by atoms with E-state index in [2.05, 4.69) is 23.3 Å². The van der Waals surface area contributed by atoms with E-state index in [0.29, 0.717) is 6.04 Å². The summed E-state index contributed by atoms with van der Waals surface area (Å²) in [5, 5.41) is 4.25. The van der Waals surface area contributed by atoms with Gasteiger partial charge in [0.05, 0.1) is 13.2 Å². The van der Waals surface area contributed by atoms with Crippen molar-refractivity contribution in [3.8, 4) is 0 Å². The zero-order valence-electron chi connectivity index (χ0n) is 10.2. The third-order valence-corrected chi connectivity index (χ3v) is 3.30. The number of morpholine rings is 1. The van der Waals surface area contributed by atoms with Crippen LogP contribution in [0.4, 0.5) is 5.69 Å². The molecule has 1 unspecified atom stereocenters. The minimum Gasteiger partial charge on any atom is -0.379 e. The van der Waals surface area contributed by atoms with E-state index in [0.717, 1.165) is 43.4 Å². The van der Waals surface area contributed by atoms with Gasteiger partial charge in [0.1, 0.15) is 0 Å². The highest BCUT2D eigenvalue weighted by atomic mass is 35.5. The molecule has 1 aromatic carbocycles. The van der Waals surface area contributed by atoms with Gasteiger partial charge in [0.2, 0.25) is 0 Å². The molecule has 17 heavy (non-hydrogen) atoms. The van der Waals surface area contributed by atoms with Crippen LogP contribution in [0.15, 0.2) is 24.3 Å². The maximum Gasteiger partial charge on any atom is 0.0620 e. The summed E-state index contributed by atoms with van der Waals surface area (Å²) in [4.78, 5) is 2.22. The molecule has 1 saturated heterocycles. The fraction of sp³-hybridized carbons (Fsp3) is 0.538. The summed E-state index contributed by atoms with van der Waals surface area (Å²) in [6.07, 6.45) is 1.09. The highest BCUT2D eigenvalue weighted by Gasteiger charge is 2.13. The molecule has 1 fully saturated rings. The monoisotopic (exact) mass is 254 g/mol. The molecule has 0 radical (unpaired) electrons. The fourth-order valence-corrected chi connectivity index (χ4v) is 2.18. The van der Waals surface area contributed by atoms with Crippen molar-refractivity contribution in [2.24, 2.45) is 0 Å². The standard InChI is InChI=1S/C13H19ClN2O/c1-16(13-4-2-3-11(14)9-13)7-5-12-10-17-8-6-15-12/h2-4,9,12,15H,5-8,10H2,1H3. The molecule has 1 aliphatic rings. The van der Waals surface area contributed by atoms with E-state index in [9.17, 15) is 0 Å². The topological polar surface area (TPSA) is 24.5 Å². The molecule has 0 aromatic heterocycles. The quantitative estimate of drug-likeness (QED) is 0.891. The molecule has 1 aromatic rings. The van der Waals surface area contributed by atoms with Crippen molar-refractivity contribution in [2.45, 2.75) is 12.5 Å². The number of benzene rings is 1. The maximum absolute atomic E-state index is 5.98. The SMILES string of the molecule is CN(CCC1COCCN1)c1cccc(Cl)c1. The molecule has 94 valence electrons. The van der Waals surface area contributed by atoms with Crippen LogP contribution in [0.25, 0.3) is 0 Å². The van der Waals surface area contributed by atoms with Gasteiger partial charge in [0.15, 0.2) is 0 Å². The summed E-state index contributed by atoms with van der Waals surface area (Å²) in [6.45, 7) is 3.62. The van der Waals surface area contributed by atoms with Crippen LogP contribution in [0.2, 0.25) is 5.02 Å². The van der Waals surface area contributed by atoms with Crippen LogP contribution in [-0.2, 0) is 4.74 Å². The first-order chi connectivity index (χ1) is 8.25. The van der Waals surface area contributed by atoms with Crippen LogP contribution in [-0.4, -0.2) is 39.4 Å². The molecular weight excluding hydrogens is 236 g/mol. The van der Waals surface area contributed by atoms with Crippen LogP contribution in [0, 0.1) is 0 Å². The number of nitrogens with one attached hydrogen (secondary N) is 1. The molecule has 0 amide bonds. The smallest absolute Gasteiger partial charge is 0.0620 e. The third kappa shape index (κ3) is 3.87. The second kappa shape index (κ2) is 6.24. The van der Waals surface area contributed by atoms with Gasteiger partial charge in [-0.25, -0.2) is 0 Å². The van der Waals surface area contributed by atoms with E-state index >= 15 is 0 Å². The predicted molar refractivity (Wildman–Crippen MR) is 71.9 cm³/mol. The lowest BCUT2D eigenvalue weighted by Gasteiger charge is -2.27. The minimum absolute atomic E-state index is 0.477. The van der Waals surface area contributed by atoms with Gasteiger partial charge >= 0.3 is 0 Å². The van der Waals surface area contributed by atoms with Gasteiger partial charge in [0.25, 0.3) is 0 Å². The van der Waals surface area contributed by atoms with E-state index < -0.39 is 0 Å². The lowest BCUT2D eigenvalue weighted by Crippen LogP contribution is -2.42. The van der Waals surface area contributed by atoms with Crippen molar-refractivity contribution in [3.63, 3.8) is 0 Å². The van der Waals surface area contributed by atoms with Crippen molar-refractivity contribution in [3.05, 3.63) is 29.3 Å². The normalized spacial score (nSPS) is 20.2. The molecule has 1 N–H and O–H groups in total. The molecule has 1 atom stereocenters. The number of anilines is 1. The number of halogens is 1. The molecule has 3 nitrogen and oxygen atoms in total. The van der Waals surface area contributed by atoms with Gasteiger partial charge in [-0.3, -0.25) is 0 Å². The Hall–Kier alpha value is -0.770. The van der Waals surface area contributed by atoms with Crippen molar-refractivity contribution in [1.29, 1.82) is 0 Å². The zero-order chi connectivity index (χ0) is 12.1. The van der Waals surface area contributed by atoms with Gasteiger partial charge in [-0.05, 0) is 24.6 Å². The Bertz CT molecular complexity index is 353. The van der Waals surface area contributed by atoms with Crippen LogP contribution in [0.1, 0.15) is 6.42 Å².